The van der Waals surface area contributed by atoms with E-state index < -0.39 is 0 Å². The predicted octanol–water partition coefficient (Wildman–Crippen LogP) is 2.87. The van der Waals surface area contributed by atoms with Crippen molar-refractivity contribution in [1.82, 2.24) is 25.1 Å². The summed E-state index contributed by atoms with van der Waals surface area (Å²) < 4.78 is 0. The minimum absolute atomic E-state index is 0.558. The molecule has 4 aromatic rings. The van der Waals surface area contributed by atoms with Gasteiger partial charge in [-0.2, -0.15) is 5.10 Å². The SMILES string of the molecule is NC[C@H]1CCN(c2cncc(-c3n[nH]c4cnc(-c5cccnc5)cc34)c2)C1. The number of hydrogen-bond donors (Lipinski definition) is 2. The van der Waals surface area contributed by atoms with Crippen molar-refractivity contribution in [3.63, 3.8) is 0 Å². The van der Waals surface area contributed by atoms with Crippen molar-refractivity contribution in [2.45, 2.75) is 6.42 Å². The van der Waals surface area contributed by atoms with Gasteiger partial charge >= 0.3 is 0 Å². The zero-order chi connectivity index (χ0) is 18.9. The molecule has 0 spiro atoms. The fourth-order valence-electron chi connectivity index (χ4n) is 3.80. The highest BCUT2D eigenvalue weighted by atomic mass is 15.2. The molecule has 4 aromatic heterocycles. The number of nitrogens with two attached hydrogens (primary N) is 1. The van der Waals surface area contributed by atoms with Crippen LogP contribution in [0.15, 0.2) is 55.2 Å². The Morgan fingerprint density at radius 1 is 1.11 bits per heavy atom. The quantitative estimate of drug-likeness (QED) is 0.573. The summed E-state index contributed by atoms with van der Waals surface area (Å²) in [4.78, 5) is 15.5. The molecular formula is C21H21N7. The summed E-state index contributed by atoms with van der Waals surface area (Å²) in [7, 11) is 0. The van der Waals surface area contributed by atoms with E-state index in [0.29, 0.717) is 5.92 Å². The van der Waals surface area contributed by atoms with Crippen molar-refractivity contribution >= 4 is 16.6 Å². The van der Waals surface area contributed by atoms with E-state index >= 15 is 0 Å². The summed E-state index contributed by atoms with van der Waals surface area (Å²) in [5.74, 6) is 0.558. The molecule has 5 rings (SSSR count). The van der Waals surface area contributed by atoms with Crippen LogP contribution in [0.5, 0.6) is 0 Å². The third-order valence-electron chi connectivity index (χ3n) is 5.39. The zero-order valence-electron chi connectivity index (χ0n) is 15.4. The van der Waals surface area contributed by atoms with Crippen LogP contribution in [0.1, 0.15) is 6.42 Å². The average molecular weight is 371 g/mol. The van der Waals surface area contributed by atoms with Crippen LogP contribution in [0.4, 0.5) is 5.69 Å². The second-order valence-electron chi connectivity index (χ2n) is 7.20. The van der Waals surface area contributed by atoms with Gasteiger partial charge in [0.25, 0.3) is 0 Å². The molecular weight excluding hydrogens is 350 g/mol. The largest absolute Gasteiger partial charge is 0.370 e. The normalized spacial score (nSPS) is 16.8. The minimum Gasteiger partial charge on any atom is -0.370 e. The summed E-state index contributed by atoms with van der Waals surface area (Å²) in [5.41, 5.74) is 11.6. The van der Waals surface area contributed by atoms with Gasteiger partial charge in [0.1, 0.15) is 5.69 Å². The molecule has 0 aromatic carbocycles. The Kier molecular flexibility index (Phi) is 4.21. The van der Waals surface area contributed by atoms with E-state index in [4.69, 9.17) is 5.73 Å². The van der Waals surface area contributed by atoms with Gasteiger partial charge in [0.05, 0.1) is 29.3 Å². The van der Waals surface area contributed by atoms with E-state index in [1.165, 1.54) is 0 Å². The molecule has 140 valence electrons. The first-order valence-corrected chi connectivity index (χ1v) is 9.47. The fourth-order valence-corrected chi connectivity index (χ4v) is 3.80. The van der Waals surface area contributed by atoms with Crippen LogP contribution in [0.25, 0.3) is 33.4 Å². The van der Waals surface area contributed by atoms with Gasteiger partial charge in [0.15, 0.2) is 0 Å². The second-order valence-corrected chi connectivity index (χ2v) is 7.20. The van der Waals surface area contributed by atoms with Crippen LogP contribution < -0.4 is 10.6 Å². The van der Waals surface area contributed by atoms with Crippen molar-refractivity contribution < 1.29 is 0 Å². The first-order valence-electron chi connectivity index (χ1n) is 9.47. The van der Waals surface area contributed by atoms with Crippen LogP contribution in [0, 0.1) is 5.92 Å². The van der Waals surface area contributed by atoms with Gasteiger partial charge in [-0.15, -0.1) is 0 Å². The summed E-state index contributed by atoms with van der Waals surface area (Å²) >= 11 is 0. The first-order chi connectivity index (χ1) is 13.8. The number of anilines is 1. The lowest BCUT2D eigenvalue weighted by Crippen LogP contribution is -2.22. The van der Waals surface area contributed by atoms with Crippen LogP contribution in [0.2, 0.25) is 0 Å². The molecule has 1 atom stereocenters. The highest BCUT2D eigenvalue weighted by molar-refractivity contribution is 5.94. The fraction of sp³-hybridized carbons (Fsp3) is 0.238. The number of H-pyrrole nitrogens is 1. The zero-order valence-corrected chi connectivity index (χ0v) is 15.4. The third kappa shape index (κ3) is 2.99. The Balaban J connectivity index is 1.54. The highest BCUT2D eigenvalue weighted by Gasteiger charge is 2.22. The summed E-state index contributed by atoms with van der Waals surface area (Å²) in [6.45, 7) is 2.74. The Morgan fingerprint density at radius 3 is 2.86 bits per heavy atom. The second kappa shape index (κ2) is 7.01. The van der Waals surface area contributed by atoms with Gasteiger partial charge in [-0.25, -0.2) is 0 Å². The molecule has 1 saturated heterocycles. The van der Waals surface area contributed by atoms with Gasteiger partial charge in [-0.1, -0.05) is 0 Å². The first kappa shape index (κ1) is 16.8. The van der Waals surface area contributed by atoms with Gasteiger partial charge < -0.3 is 10.6 Å². The number of rotatable bonds is 4. The molecule has 28 heavy (non-hydrogen) atoms. The van der Waals surface area contributed by atoms with Crippen molar-refractivity contribution in [2.24, 2.45) is 11.7 Å². The molecule has 1 aliphatic heterocycles. The molecule has 0 aliphatic carbocycles. The Labute approximate surface area is 162 Å². The van der Waals surface area contributed by atoms with Crippen molar-refractivity contribution in [3.05, 3.63) is 55.2 Å². The average Bonchev–Trinajstić information content (AvgIpc) is 3.41. The standard InChI is InChI=1S/C21H21N7/c22-8-14-3-5-28(13-14)17-6-16(10-24-11-17)21-18-7-19(15-2-1-4-23-9-15)25-12-20(18)26-27-21/h1-2,4,6-7,9-12,14H,3,5,8,13,22H2,(H,26,27)/t14-/m1/s1. The van der Waals surface area contributed by atoms with Crippen molar-refractivity contribution in [1.29, 1.82) is 0 Å². The molecule has 3 N–H and O–H groups in total. The highest BCUT2D eigenvalue weighted by Crippen LogP contribution is 2.31. The molecule has 7 nitrogen and oxygen atoms in total. The number of nitrogens with one attached hydrogen (secondary N) is 1. The van der Waals surface area contributed by atoms with Crippen molar-refractivity contribution in [3.8, 4) is 22.5 Å². The Hall–Kier alpha value is -3.32. The van der Waals surface area contributed by atoms with E-state index in [1.807, 2.05) is 36.9 Å². The van der Waals surface area contributed by atoms with Crippen LogP contribution >= 0.6 is 0 Å². The topological polar surface area (TPSA) is 96.6 Å². The molecule has 0 bridgehead atoms. The molecule has 0 amide bonds. The van der Waals surface area contributed by atoms with E-state index in [2.05, 4.69) is 42.2 Å². The van der Waals surface area contributed by atoms with Crippen LogP contribution in [-0.2, 0) is 0 Å². The maximum Gasteiger partial charge on any atom is 0.102 e. The summed E-state index contributed by atoms with van der Waals surface area (Å²) in [6.07, 6.45) is 10.3. The summed E-state index contributed by atoms with van der Waals surface area (Å²) in [6, 6.07) is 8.13. The molecule has 0 radical (unpaired) electrons. The number of fused-ring (bicyclic) bond motifs is 1. The van der Waals surface area contributed by atoms with Gasteiger partial charge in [0, 0.05) is 48.2 Å². The molecule has 0 saturated carbocycles. The van der Waals surface area contributed by atoms with Crippen LogP contribution in [-0.4, -0.2) is 44.8 Å². The van der Waals surface area contributed by atoms with E-state index in [1.54, 1.807) is 6.20 Å². The Morgan fingerprint density at radius 2 is 2.04 bits per heavy atom. The van der Waals surface area contributed by atoms with Gasteiger partial charge in [-0.3, -0.25) is 20.1 Å². The molecule has 7 heteroatoms. The monoisotopic (exact) mass is 371 g/mol. The maximum absolute atomic E-state index is 5.84. The third-order valence-corrected chi connectivity index (χ3v) is 5.39. The smallest absolute Gasteiger partial charge is 0.102 e. The van der Waals surface area contributed by atoms with E-state index in [0.717, 1.165) is 65.2 Å². The molecule has 5 heterocycles. The summed E-state index contributed by atoms with van der Waals surface area (Å²) in [5, 5.41) is 8.65. The number of aromatic nitrogens is 5. The number of aromatic amines is 1. The van der Waals surface area contributed by atoms with Crippen LogP contribution in [0.3, 0.4) is 0 Å². The number of pyridine rings is 3. The van der Waals surface area contributed by atoms with E-state index in [9.17, 15) is 0 Å². The Bertz CT molecular complexity index is 1110. The van der Waals surface area contributed by atoms with Gasteiger partial charge in [-0.05, 0) is 43.1 Å². The molecule has 1 aliphatic rings. The number of nitrogens with zero attached hydrogens (tertiary/aromatic N) is 5. The van der Waals surface area contributed by atoms with Gasteiger partial charge in [0.2, 0.25) is 0 Å². The van der Waals surface area contributed by atoms with Crippen molar-refractivity contribution in [2.75, 3.05) is 24.5 Å². The molecule has 1 fully saturated rings. The van der Waals surface area contributed by atoms with E-state index in [-0.39, 0.29) is 0 Å². The lowest BCUT2D eigenvalue weighted by Gasteiger charge is -2.18. The lowest BCUT2D eigenvalue weighted by molar-refractivity contribution is 0.602. The predicted molar refractivity (Wildman–Crippen MR) is 110 cm³/mol. The maximum atomic E-state index is 5.84. The number of hydrogen-bond acceptors (Lipinski definition) is 6. The molecule has 0 unspecified atom stereocenters. The lowest BCUT2D eigenvalue weighted by atomic mass is 10.1. The minimum atomic E-state index is 0.558.